The third-order valence-electron chi connectivity index (χ3n) is 4.28. The maximum Gasteiger partial charge on any atom is 0.0129 e. The van der Waals surface area contributed by atoms with Crippen LogP contribution in [0, 0.1) is 5.92 Å². The molecule has 1 unspecified atom stereocenters. The van der Waals surface area contributed by atoms with Crippen LogP contribution < -0.4 is 5.73 Å². The van der Waals surface area contributed by atoms with Crippen LogP contribution >= 0.6 is 0 Å². The molecule has 2 nitrogen and oxygen atoms in total. The molecule has 0 amide bonds. The minimum atomic E-state index is -0.0841. The Bertz CT molecular complexity index is 342. The van der Waals surface area contributed by atoms with Crippen molar-refractivity contribution in [3.05, 3.63) is 35.9 Å². The van der Waals surface area contributed by atoms with Crippen molar-refractivity contribution in [3.8, 4) is 0 Å². The molecule has 2 heteroatoms. The Morgan fingerprint density at radius 1 is 0.952 bits per heavy atom. The molecule has 0 aliphatic heterocycles. The van der Waals surface area contributed by atoms with Crippen molar-refractivity contribution in [2.75, 3.05) is 0 Å². The molecule has 0 saturated carbocycles. The van der Waals surface area contributed by atoms with E-state index in [0.717, 1.165) is 6.42 Å². The van der Waals surface area contributed by atoms with Gasteiger partial charge in [0, 0.05) is 5.54 Å². The van der Waals surface area contributed by atoms with Crippen molar-refractivity contribution >= 4 is 0 Å². The summed E-state index contributed by atoms with van der Waals surface area (Å²) in [5, 5.41) is 0. The number of hydrogen-bond donors (Lipinski definition) is 1. The van der Waals surface area contributed by atoms with Gasteiger partial charge in [0.15, 0.2) is 0 Å². The number of hydrogen-bond acceptors (Lipinski definition) is 1. The average Bonchev–Trinajstić information content (AvgIpc) is 2.41. The average molecular weight is 293 g/mol. The van der Waals surface area contributed by atoms with Crippen LogP contribution in [-0.2, 0) is 6.42 Å². The Morgan fingerprint density at radius 3 is 2.10 bits per heavy atom. The maximum atomic E-state index is 6.39. The van der Waals surface area contributed by atoms with E-state index in [1.807, 2.05) is 0 Å². The fourth-order valence-corrected chi connectivity index (χ4v) is 2.81. The van der Waals surface area contributed by atoms with Gasteiger partial charge in [0.25, 0.3) is 0 Å². The molecule has 0 bridgehead atoms. The Labute approximate surface area is 131 Å². The van der Waals surface area contributed by atoms with Crippen molar-refractivity contribution in [2.45, 2.75) is 77.7 Å². The molecule has 21 heavy (non-hydrogen) atoms. The van der Waals surface area contributed by atoms with Crippen molar-refractivity contribution in [3.63, 3.8) is 0 Å². The van der Waals surface area contributed by atoms with E-state index in [2.05, 4.69) is 51.1 Å². The van der Waals surface area contributed by atoms with Gasteiger partial charge in [0.05, 0.1) is 0 Å². The molecule has 0 aromatic heterocycles. The van der Waals surface area contributed by atoms with Crippen LogP contribution in [0.2, 0.25) is 0 Å². The van der Waals surface area contributed by atoms with E-state index < -0.39 is 0 Å². The molecular formula is C19H35NO. The van der Waals surface area contributed by atoms with Crippen LogP contribution in [0.3, 0.4) is 0 Å². The summed E-state index contributed by atoms with van der Waals surface area (Å²) >= 11 is 0. The van der Waals surface area contributed by atoms with Crippen LogP contribution in [0.1, 0.15) is 71.3 Å². The Kier molecular flexibility index (Phi) is 10.4. The predicted molar refractivity (Wildman–Crippen MR) is 93.5 cm³/mol. The van der Waals surface area contributed by atoms with E-state index in [1.54, 1.807) is 0 Å². The molecule has 1 rings (SSSR count). The van der Waals surface area contributed by atoms with Gasteiger partial charge in [-0.25, -0.2) is 0 Å². The molecule has 0 heterocycles. The quantitative estimate of drug-likeness (QED) is 0.634. The van der Waals surface area contributed by atoms with E-state index in [4.69, 9.17) is 5.73 Å². The lowest BCUT2D eigenvalue weighted by Crippen LogP contribution is -2.42. The summed E-state index contributed by atoms with van der Waals surface area (Å²) in [4.78, 5) is 0. The highest BCUT2D eigenvalue weighted by Gasteiger charge is 2.24. The fraction of sp³-hybridized carbons (Fsp3) is 0.684. The van der Waals surface area contributed by atoms with Gasteiger partial charge in [-0.15, -0.1) is 0 Å². The standard InChI is InChI=1S/C19H33N.H2O/c1-4-5-6-7-8-12-15-18(19(2,3)20)16-17-13-10-9-11-14-17;/h9-11,13-14,18H,4-8,12,15-16,20H2,1-3H3;1H2. The summed E-state index contributed by atoms with van der Waals surface area (Å²) in [5.41, 5.74) is 7.72. The first kappa shape index (κ1) is 20.1. The Balaban J connectivity index is 0.00000400. The lowest BCUT2D eigenvalue weighted by atomic mass is 9.80. The lowest BCUT2D eigenvalue weighted by molar-refractivity contribution is 0.290. The van der Waals surface area contributed by atoms with E-state index in [9.17, 15) is 0 Å². The number of unbranched alkanes of at least 4 members (excludes halogenated alkanes) is 5. The van der Waals surface area contributed by atoms with Crippen LogP contribution in [0.5, 0.6) is 0 Å². The van der Waals surface area contributed by atoms with Gasteiger partial charge in [-0.1, -0.05) is 75.8 Å². The van der Waals surface area contributed by atoms with Crippen LogP contribution in [0.25, 0.3) is 0 Å². The van der Waals surface area contributed by atoms with Crippen LogP contribution in [0.15, 0.2) is 30.3 Å². The molecule has 1 atom stereocenters. The zero-order chi connectivity index (χ0) is 14.8. The van der Waals surface area contributed by atoms with Gasteiger partial charge in [-0.2, -0.15) is 0 Å². The molecule has 4 N–H and O–H groups in total. The Hall–Kier alpha value is -0.860. The van der Waals surface area contributed by atoms with Gasteiger partial charge >= 0.3 is 0 Å². The minimum absolute atomic E-state index is 0. The van der Waals surface area contributed by atoms with Gasteiger partial charge in [0.1, 0.15) is 0 Å². The van der Waals surface area contributed by atoms with Crippen molar-refractivity contribution < 1.29 is 5.48 Å². The molecule has 0 spiro atoms. The van der Waals surface area contributed by atoms with Crippen LogP contribution in [0.4, 0.5) is 0 Å². The predicted octanol–water partition coefficient (Wildman–Crippen LogP) is 4.51. The highest BCUT2D eigenvalue weighted by atomic mass is 16.0. The normalized spacial score (nSPS) is 12.8. The maximum absolute atomic E-state index is 6.39. The Morgan fingerprint density at radius 2 is 1.52 bits per heavy atom. The SMILES string of the molecule is CCCCCCCCC(Cc1ccccc1)C(C)(C)N.O. The summed E-state index contributed by atoms with van der Waals surface area (Å²) < 4.78 is 0. The zero-order valence-corrected chi connectivity index (χ0v) is 14.2. The van der Waals surface area contributed by atoms with Gasteiger partial charge in [-0.05, 0) is 38.2 Å². The van der Waals surface area contributed by atoms with Crippen molar-refractivity contribution in [1.82, 2.24) is 0 Å². The zero-order valence-electron chi connectivity index (χ0n) is 14.2. The van der Waals surface area contributed by atoms with E-state index >= 15 is 0 Å². The smallest absolute Gasteiger partial charge is 0.0129 e. The van der Waals surface area contributed by atoms with E-state index in [1.165, 1.54) is 50.5 Å². The van der Waals surface area contributed by atoms with Crippen molar-refractivity contribution in [1.29, 1.82) is 0 Å². The van der Waals surface area contributed by atoms with Gasteiger partial charge in [-0.3, -0.25) is 0 Å². The van der Waals surface area contributed by atoms with Crippen LogP contribution in [-0.4, -0.2) is 11.0 Å². The topological polar surface area (TPSA) is 57.5 Å². The molecular weight excluding hydrogens is 258 g/mol. The summed E-state index contributed by atoms with van der Waals surface area (Å²) in [5.74, 6) is 0.580. The molecule has 122 valence electrons. The summed E-state index contributed by atoms with van der Waals surface area (Å²) in [6.45, 7) is 6.63. The molecule has 1 aromatic carbocycles. The lowest BCUT2D eigenvalue weighted by Gasteiger charge is -2.31. The first-order valence-electron chi connectivity index (χ1n) is 8.37. The molecule has 0 aliphatic carbocycles. The summed E-state index contributed by atoms with van der Waals surface area (Å²) in [6.07, 6.45) is 10.5. The van der Waals surface area contributed by atoms with Crippen molar-refractivity contribution in [2.24, 2.45) is 11.7 Å². The van der Waals surface area contributed by atoms with E-state index in [-0.39, 0.29) is 11.0 Å². The molecule has 0 fully saturated rings. The van der Waals surface area contributed by atoms with Gasteiger partial charge < -0.3 is 11.2 Å². The highest BCUT2D eigenvalue weighted by Crippen LogP contribution is 2.25. The number of rotatable bonds is 10. The first-order chi connectivity index (χ1) is 9.54. The third kappa shape index (κ3) is 8.90. The second-order valence-corrected chi connectivity index (χ2v) is 6.76. The molecule has 0 radical (unpaired) electrons. The minimum Gasteiger partial charge on any atom is -0.412 e. The first-order valence-corrected chi connectivity index (χ1v) is 8.37. The third-order valence-corrected chi connectivity index (χ3v) is 4.28. The molecule has 0 aliphatic rings. The summed E-state index contributed by atoms with van der Waals surface area (Å²) in [6, 6.07) is 10.8. The molecule has 1 aromatic rings. The second-order valence-electron chi connectivity index (χ2n) is 6.76. The number of benzene rings is 1. The molecule has 0 saturated heterocycles. The summed E-state index contributed by atoms with van der Waals surface area (Å²) in [7, 11) is 0. The van der Waals surface area contributed by atoms with Gasteiger partial charge in [0.2, 0.25) is 0 Å². The van der Waals surface area contributed by atoms with E-state index in [0.29, 0.717) is 5.92 Å². The largest absolute Gasteiger partial charge is 0.412 e. The second kappa shape index (κ2) is 10.8. The highest BCUT2D eigenvalue weighted by molar-refractivity contribution is 5.16. The monoisotopic (exact) mass is 293 g/mol. The fourth-order valence-electron chi connectivity index (χ4n) is 2.81. The number of nitrogens with two attached hydrogens (primary N) is 1.